The monoisotopic (exact) mass is 287 g/mol. The number of carbonyl (C=O) groups is 1. The van der Waals surface area contributed by atoms with E-state index in [0.717, 1.165) is 19.4 Å². The molecule has 106 valence electrons. The second kappa shape index (κ2) is 5.24. The van der Waals surface area contributed by atoms with Gasteiger partial charge in [-0.1, -0.05) is 17.3 Å². The Morgan fingerprint density at radius 2 is 2.00 bits per heavy atom. The molecule has 0 fully saturated rings. The number of esters is 1. The summed E-state index contributed by atoms with van der Waals surface area (Å²) in [5.41, 5.74) is -0.207. The zero-order valence-corrected chi connectivity index (χ0v) is 10.1. The third kappa shape index (κ3) is 2.90. The molecule has 8 heteroatoms. The van der Waals surface area contributed by atoms with Crippen molar-refractivity contribution in [3.8, 4) is 17.0 Å². The van der Waals surface area contributed by atoms with Gasteiger partial charge in [0.2, 0.25) is 0 Å². The number of hydrogen-bond donors (Lipinski definition) is 0. The number of rotatable bonds is 3. The van der Waals surface area contributed by atoms with Gasteiger partial charge < -0.3 is 14.0 Å². The highest BCUT2D eigenvalue weighted by Gasteiger charge is 2.33. The fourth-order valence-electron chi connectivity index (χ4n) is 1.56. The van der Waals surface area contributed by atoms with Crippen molar-refractivity contribution in [1.29, 1.82) is 0 Å². The zero-order valence-electron chi connectivity index (χ0n) is 10.1. The number of benzene rings is 1. The number of methoxy groups -OCH3 is 1. The van der Waals surface area contributed by atoms with Crippen molar-refractivity contribution >= 4 is 5.97 Å². The smallest absolute Gasteiger partial charge is 0.465 e. The van der Waals surface area contributed by atoms with Gasteiger partial charge >= 0.3 is 12.3 Å². The summed E-state index contributed by atoms with van der Waals surface area (Å²) in [7, 11) is 1.14. The van der Waals surface area contributed by atoms with Crippen LogP contribution in [0.1, 0.15) is 10.4 Å². The minimum Gasteiger partial charge on any atom is -0.465 e. The number of aromatic nitrogens is 1. The summed E-state index contributed by atoms with van der Waals surface area (Å²) >= 11 is 0. The van der Waals surface area contributed by atoms with Crippen LogP contribution in [0.15, 0.2) is 35.1 Å². The topological polar surface area (TPSA) is 61.6 Å². The summed E-state index contributed by atoms with van der Waals surface area (Å²) in [6.45, 7) is 0. The van der Waals surface area contributed by atoms with E-state index < -0.39 is 18.1 Å². The zero-order chi connectivity index (χ0) is 14.8. The van der Waals surface area contributed by atoms with Gasteiger partial charge in [0, 0.05) is 5.56 Å². The number of carbonyl (C=O) groups excluding carboxylic acids is 1. The fourth-order valence-corrected chi connectivity index (χ4v) is 1.56. The fraction of sp³-hybridized carbons (Fsp3) is 0.167. The molecule has 0 saturated heterocycles. The van der Waals surface area contributed by atoms with E-state index in [-0.39, 0.29) is 16.8 Å². The van der Waals surface area contributed by atoms with E-state index in [1.54, 1.807) is 0 Å². The predicted octanol–water partition coefficient (Wildman–Crippen LogP) is 3.03. The standard InChI is InChI=1S/C12H8F3NO4/c1-18-11(17)8-6-19-16-10(8)7-4-2-3-5-9(7)20-12(13,14)15/h2-6H,1H3. The van der Waals surface area contributed by atoms with Gasteiger partial charge in [0.25, 0.3) is 0 Å². The van der Waals surface area contributed by atoms with Gasteiger partial charge in [-0.15, -0.1) is 13.2 Å². The highest BCUT2D eigenvalue weighted by Crippen LogP contribution is 2.34. The second-order valence-corrected chi connectivity index (χ2v) is 3.61. The Bertz CT molecular complexity index is 621. The molecule has 0 atom stereocenters. The molecule has 0 radical (unpaired) electrons. The van der Waals surface area contributed by atoms with E-state index in [1.165, 1.54) is 18.2 Å². The number of ether oxygens (including phenoxy) is 2. The quantitative estimate of drug-likeness (QED) is 0.812. The van der Waals surface area contributed by atoms with Crippen LogP contribution in [0.5, 0.6) is 5.75 Å². The molecule has 0 N–H and O–H groups in total. The average Bonchev–Trinajstić information content (AvgIpc) is 2.85. The molecule has 0 aliphatic heterocycles. The first-order chi connectivity index (χ1) is 9.42. The van der Waals surface area contributed by atoms with Crippen molar-refractivity contribution in [3.63, 3.8) is 0 Å². The molecular formula is C12H8F3NO4. The molecule has 0 aliphatic rings. The first kappa shape index (κ1) is 13.9. The summed E-state index contributed by atoms with van der Waals surface area (Å²) in [5, 5.41) is 3.52. The van der Waals surface area contributed by atoms with E-state index in [9.17, 15) is 18.0 Å². The molecule has 0 bridgehead atoms. The maximum absolute atomic E-state index is 12.3. The van der Waals surface area contributed by atoms with Crippen molar-refractivity contribution in [2.75, 3.05) is 7.11 Å². The number of nitrogens with zero attached hydrogens (tertiary/aromatic N) is 1. The van der Waals surface area contributed by atoms with E-state index in [1.807, 2.05) is 0 Å². The third-order valence-corrected chi connectivity index (χ3v) is 2.34. The molecule has 20 heavy (non-hydrogen) atoms. The molecule has 0 unspecified atom stereocenters. The van der Waals surface area contributed by atoms with Crippen LogP contribution >= 0.6 is 0 Å². The summed E-state index contributed by atoms with van der Waals surface area (Å²) in [6.07, 6.45) is -3.86. The van der Waals surface area contributed by atoms with Crippen molar-refractivity contribution in [2.45, 2.75) is 6.36 Å². The van der Waals surface area contributed by atoms with Crippen molar-refractivity contribution in [2.24, 2.45) is 0 Å². The van der Waals surface area contributed by atoms with E-state index >= 15 is 0 Å². The van der Waals surface area contributed by atoms with Crippen LogP contribution in [0.4, 0.5) is 13.2 Å². The van der Waals surface area contributed by atoms with Gasteiger partial charge in [-0.2, -0.15) is 0 Å². The lowest BCUT2D eigenvalue weighted by atomic mass is 10.1. The Balaban J connectivity index is 2.48. The van der Waals surface area contributed by atoms with Gasteiger partial charge in [0.05, 0.1) is 7.11 Å². The lowest BCUT2D eigenvalue weighted by Gasteiger charge is -2.12. The van der Waals surface area contributed by atoms with Crippen LogP contribution in [0.3, 0.4) is 0 Å². The summed E-state index contributed by atoms with van der Waals surface area (Å²) in [4.78, 5) is 11.5. The highest BCUT2D eigenvalue weighted by atomic mass is 19.4. The van der Waals surface area contributed by atoms with E-state index in [4.69, 9.17) is 0 Å². The molecule has 0 spiro atoms. The molecule has 2 rings (SSSR count). The molecule has 2 aromatic rings. The maximum atomic E-state index is 12.3. The molecule has 1 aromatic carbocycles. The van der Waals surface area contributed by atoms with Crippen LogP contribution in [0.25, 0.3) is 11.3 Å². The number of alkyl halides is 3. The second-order valence-electron chi connectivity index (χ2n) is 3.61. The first-order valence-corrected chi connectivity index (χ1v) is 5.30. The van der Waals surface area contributed by atoms with Gasteiger partial charge in [-0.05, 0) is 12.1 Å². The summed E-state index contributed by atoms with van der Waals surface area (Å²) in [6, 6.07) is 5.28. The lowest BCUT2D eigenvalue weighted by molar-refractivity contribution is -0.274. The first-order valence-electron chi connectivity index (χ1n) is 5.30. The predicted molar refractivity (Wildman–Crippen MR) is 60.0 cm³/mol. The minimum absolute atomic E-state index is 0.0287. The number of halogens is 3. The molecular weight excluding hydrogens is 279 g/mol. The Labute approximate surface area is 110 Å². The highest BCUT2D eigenvalue weighted by molar-refractivity contribution is 5.96. The van der Waals surface area contributed by atoms with Crippen LogP contribution < -0.4 is 4.74 Å². The van der Waals surface area contributed by atoms with Crippen molar-refractivity contribution in [1.82, 2.24) is 5.16 Å². The van der Waals surface area contributed by atoms with Crippen LogP contribution in [0, 0.1) is 0 Å². The Morgan fingerprint density at radius 3 is 2.65 bits per heavy atom. The molecule has 0 aliphatic carbocycles. The lowest BCUT2D eigenvalue weighted by Crippen LogP contribution is -2.17. The van der Waals surface area contributed by atoms with Gasteiger partial charge in [0.1, 0.15) is 23.3 Å². The van der Waals surface area contributed by atoms with Crippen LogP contribution in [-0.2, 0) is 4.74 Å². The van der Waals surface area contributed by atoms with Crippen LogP contribution in [0.2, 0.25) is 0 Å². The summed E-state index contributed by atoms with van der Waals surface area (Å²) in [5.74, 6) is -1.26. The SMILES string of the molecule is COC(=O)c1conc1-c1ccccc1OC(F)(F)F. The molecule has 1 aromatic heterocycles. The average molecular weight is 287 g/mol. The van der Waals surface area contributed by atoms with E-state index in [2.05, 4.69) is 19.2 Å². The molecule has 5 nitrogen and oxygen atoms in total. The Morgan fingerprint density at radius 1 is 1.30 bits per heavy atom. The van der Waals surface area contributed by atoms with Crippen molar-refractivity contribution in [3.05, 3.63) is 36.1 Å². The summed E-state index contributed by atoms with van der Waals surface area (Å²) < 4.78 is 50.0. The Kier molecular flexibility index (Phi) is 3.64. The normalized spacial score (nSPS) is 11.2. The maximum Gasteiger partial charge on any atom is 0.573 e. The number of hydrogen-bond acceptors (Lipinski definition) is 5. The number of para-hydroxylation sites is 1. The largest absolute Gasteiger partial charge is 0.573 e. The van der Waals surface area contributed by atoms with Gasteiger partial charge in [-0.3, -0.25) is 0 Å². The molecule has 0 saturated carbocycles. The third-order valence-electron chi connectivity index (χ3n) is 2.34. The van der Waals surface area contributed by atoms with E-state index in [0.29, 0.717) is 0 Å². The van der Waals surface area contributed by atoms with Gasteiger partial charge in [-0.25, -0.2) is 4.79 Å². The minimum atomic E-state index is -4.86. The van der Waals surface area contributed by atoms with Crippen molar-refractivity contribution < 1.29 is 32.0 Å². The Hall–Kier alpha value is -2.51. The molecule has 0 amide bonds. The van der Waals surface area contributed by atoms with Crippen LogP contribution in [-0.4, -0.2) is 24.6 Å². The van der Waals surface area contributed by atoms with Gasteiger partial charge in [0.15, 0.2) is 0 Å². The molecule has 1 heterocycles.